The highest BCUT2D eigenvalue weighted by molar-refractivity contribution is 5.91. The van der Waals surface area contributed by atoms with Crippen molar-refractivity contribution >= 4 is 5.97 Å². The van der Waals surface area contributed by atoms with E-state index in [1.165, 1.54) is 0 Å². The summed E-state index contributed by atoms with van der Waals surface area (Å²) in [6.07, 6.45) is 0.603. The van der Waals surface area contributed by atoms with E-state index in [9.17, 15) is 4.79 Å². The van der Waals surface area contributed by atoms with Gasteiger partial charge < -0.3 is 9.47 Å². The predicted molar refractivity (Wildman–Crippen MR) is 64.7 cm³/mol. The Kier molecular flexibility index (Phi) is 3.09. The quantitative estimate of drug-likeness (QED) is 0.700. The lowest BCUT2D eigenvalue weighted by Gasteiger charge is -2.27. The molecule has 0 atom stereocenters. The van der Waals surface area contributed by atoms with Gasteiger partial charge in [0.2, 0.25) is 0 Å². The van der Waals surface area contributed by atoms with Crippen LogP contribution in [0.15, 0.2) is 24.3 Å². The molecule has 1 radical (unpaired) electrons. The number of fused-ring (bicyclic) bond motifs is 1. The van der Waals surface area contributed by atoms with Gasteiger partial charge in [-0.25, -0.2) is 0 Å². The van der Waals surface area contributed by atoms with Gasteiger partial charge in [-0.05, 0) is 26.8 Å². The molecule has 0 saturated carbocycles. The molecule has 0 fully saturated rings. The van der Waals surface area contributed by atoms with Gasteiger partial charge in [-0.1, -0.05) is 18.2 Å². The van der Waals surface area contributed by atoms with Crippen molar-refractivity contribution < 1.29 is 14.3 Å². The summed E-state index contributed by atoms with van der Waals surface area (Å²) in [5, 5.41) is 0. The first kappa shape index (κ1) is 12.0. The molecule has 0 bridgehead atoms. The molecule has 3 nitrogen and oxygen atoms in total. The third-order valence-corrected chi connectivity index (χ3v) is 2.47. The molecule has 91 valence electrons. The maximum atomic E-state index is 12.1. The average molecular weight is 233 g/mol. The molecular weight excluding hydrogens is 216 g/mol. The lowest BCUT2D eigenvalue weighted by atomic mass is 9.93. The molecule has 0 aromatic heterocycles. The Morgan fingerprint density at radius 2 is 2.00 bits per heavy atom. The van der Waals surface area contributed by atoms with Crippen molar-refractivity contribution in [3.05, 3.63) is 35.7 Å². The normalized spacial score (nSPS) is 15.9. The van der Waals surface area contributed by atoms with Crippen LogP contribution < -0.4 is 4.74 Å². The molecule has 0 N–H and O–H groups in total. The van der Waals surface area contributed by atoms with Crippen LogP contribution in [0, 0.1) is 5.92 Å². The van der Waals surface area contributed by atoms with Crippen molar-refractivity contribution in [3.8, 4) is 5.75 Å². The maximum Gasteiger partial charge on any atom is 0.318 e. The highest BCUT2D eigenvalue weighted by Crippen LogP contribution is 2.34. The van der Waals surface area contributed by atoms with E-state index in [4.69, 9.17) is 9.47 Å². The number of carbonyl (C=O) groups excluding carboxylic acids is 1. The van der Waals surface area contributed by atoms with Gasteiger partial charge in [0.05, 0.1) is 6.61 Å². The van der Waals surface area contributed by atoms with Gasteiger partial charge in [0.15, 0.2) is 0 Å². The van der Waals surface area contributed by atoms with Crippen LogP contribution in [0.4, 0.5) is 0 Å². The fourth-order valence-electron chi connectivity index (χ4n) is 1.79. The molecule has 0 unspecified atom stereocenters. The van der Waals surface area contributed by atoms with E-state index >= 15 is 0 Å². The van der Waals surface area contributed by atoms with Gasteiger partial charge in [0.25, 0.3) is 0 Å². The highest BCUT2D eigenvalue weighted by atomic mass is 16.6. The van der Waals surface area contributed by atoms with E-state index in [1.807, 2.05) is 45.0 Å². The molecule has 1 aromatic carbocycles. The number of ether oxygens (including phenoxy) is 2. The number of esters is 1. The summed E-state index contributed by atoms with van der Waals surface area (Å²) in [7, 11) is 0. The predicted octanol–water partition coefficient (Wildman–Crippen LogP) is 2.73. The van der Waals surface area contributed by atoms with Gasteiger partial charge >= 0.3 is 5.97 Å². The number of carbonyl (C=O) groups is 1. The largest absolute Gasteiger partial charge is 0.493 e. The molecule has 0 spiro atoms. The minimum atomic E-state index is -0.461. The zero-order valence-corrected chi connectivity index (χ0v) is 10.4. The van der Waals surface area contributed by atoms with Crippen molar-refractivity contribution in [2.24, 2.45) is 0 Å². The van der Waals surface area contributed by atoms with Crippen LogP contribution in [0.25, 0.3) is 0 Å². The second-order valence-electron chi connectivity index (χ2n) is 5.08. The lowest BCUT2D eigenvalue weighted by Crippen LogP contribution is -2.30. The van der Waals surface area contributed by atoms with Crippen LogP contribution in [-0.4, -0.2) is 18.2 Å². The first-order chi connectivity index (χ1) is 7.97. The monoisotopic (exact) mass is 233 g/mol. The van der Waals surface area contributed by atoms with Crippen molar-refractivity contribution in [1.82, 2.24) is 0 Å². The topological polar surface area (TPSA) is 35.5 Å². The van der Waals surface area contributed by atoms with Gasteiger partial charge in [-0.3, -0.25) is 4.79 Å². The maximum absolute atomic E-state index is 12.1. The van der Waals surface area contributed by atoms with E-state index < -0.39 is 5.60 Å². The first-order valence-electron chi connectivity index (χ1n) is 5.79. The Morgan fingerprint density at radius 3 is 2.71 bits per heavy atom. The summed E-state index contributed by atoms with van der Waals surface area (Å²) in [6, 6.07) is 7.57. The Bertz CT molecular complexity index is 418. The molecule has 0 aliphatic carbocycles. The standard InChI is InChI=1S/C14H17O3/c1-14(2,3)17-13(15)11-8-9-16-12-7-5-4-6-10(11)12/h4-7H,8-9H2,1-3H3. The summed E-state index contributed by atoms with van der Waals surface area (Å²) in [4.78, 5) is 12.1. The van der Waals surface area contributed by atoms with Crippen molar-refractivity contribution in [1.29, 1.82) is 0 Å². The van der Waals surface area contributed by atoms with E-state index in [2.05, 4.69) is 0 Å². The second kappa shape index (κ2) is 4.40. The van der Waals surface area contributed by atoms with Crippen LogP contribution in [0.5, 0.6) is 5.75 Å². The summed E-state index contributed by atoms with van der Waals surface area (Å²) < 4.78 is 10.9. The summed E-state index contributed by atoms with van der Waals surface area (Å²) >= 11 is 0. The number of hydrogen-bond acceptors (Lipinski definition) is 3. The molecule has 0 saturated heterocycles. The fraction of sp³-hybridized carbons (Fsp3) is 0.429. The zero-order valence-electron chi connectivity index (χ0n) is 10.4. The summed E-state index contributed by atoms with van der Waals surface area (Å²) in [5.41, 5.74) is 0.394. The van der Waals surface area contributed by atoms with Crippen LogP contribution >= 0.6 is 0 Å². The van der Waals surface area contributed by atoms with Crippen LogP contribution in [0.1, 0.15) is 32.8 Å². The minimum absolute atomic E-state index is 0.242. The second-order valence-corrected chi connectivity index (χ2v) is 5.08. The van der Waals surface area contributed by atoms with E-state index in [1.54, 1.807) is 0 Å². The average Bonchev–Trinajstić information content (AvgIpc) is 2.26. The van der Waals surface area contributed by atoms with Crippen LogP contribution in [0.3, 0.4) is 0 Å². The van der Waals surface area contributed by atoms with Crippen molar-refractivity contribution in [2.45, 2.75) is 32.8 Å². The van der Waals surface area contributed by atoms with E-state index in [-0.39, 0.29) is 5.97 Å². The van der Waals surface area contributed by atoms with Gasteiger partial charge in [-0.15, -0.1) is 0 Å². The highest BCUT2D eigenvalue weighted by Gasteiger charge is 2.32. The van der Waals surface area contributed by atoms with E-state index in [0.29, 0.717) is 18.9 Å². The van der Waals surface area contributed by atoms with Crippen molar-refractivity contribution in [2.75, 3.05) is 6.61 Å². The van der Waals surface area contributed by atoms with Crippen LogP contribution in [0.2, 0.25) is 0 Å². The zero-order chi connectivity index (χ0) is 12.5. The number of hydrogen-bond donors (Lipinski definition) is 0. The molecule has 17 heavy (non-hydrogen) atoms. The molecular formula is C14H17O3. The molecule has 0 amide bonds. The Hall–Kier alpha value is -1.51. The Labute approximate surface area is 102 Å². The molecule has 3 heteroatoms. The first-order valence-corrected chi connectivity index (χ1v) is 5.79. The fourth-order valence-corrected chi connectivity index (χ4v) is 1.79. The minimum Gasteiger partial charge on any atom is -0.493 e. The van der Waals surface area contributed by atoms with Gasteiger partial charge in [0, 0.05) is 12.0 Å². The Balaban J connectivity index is 2.21. The third kappa shape index (κ3) is 2.78. The molecule has 1 heterocycles. The lowest BCUT2D eigenvalue weighted by molar-refractivity contribution is -0.152. The van der Waals surface area contributed by atoms with E-state index in [0.717, 1.165) is 11.3 Å². The molecule has 1 aliphatic heterocycles. The van der Waals surface area contributed by atoms with Gasteiger partial charge in [-0.2, -0.15) is 0 Å². The third-order valence-electron chi connectivity index (χ3n) is 2.47. The number of rotatable bonds is 1. The summed E-state index contributed by atoms with van der Waals surface area (Å²) in [5.74, 6) is 1.23. The SMILES string of the molecule is CC(C)(C)OC(=O)[C]1CCOc2ccccc21. The summed E-state index contributed by atoms with van der Waals surface area (Å²) in [6.45, 7) is 6.15. The molecule has 1 aromatic rings. The molecule has 2 rings (SSSR count). The smallest absolute Gasteiger partial charge is 0.318 e. The molecule has 1 aliphatic rings. The van der Waals surface area contributed by atoms with Gasteiger partial charge in [0.1, 0.15) is 17.3 Å². The van der Waals surface area contributed by atoms with Crippen LogP contribution in [-0.2, 0) is 9.53 Å². The number of para-hydroxylation sites is 1. The Morgan fingerprint density at radius 1 is 1.29 bits per heavy atom. The van der Waals surface area contributed by atoms with Crippen molar-refractivity contribution in [3.63, 3.8) is 0 Å². The number of benzene rings is 1.